The largest absolute Gasteiger partial charge is 0.246 e. The molecule has 0 fully saturated rings. The summed E-state index contributed by atoms with van der Waals surface area (Å²) in [5.74, 6) is 0. The molecule has 3 rings (SSSR count). The summed E-state index contributed by atoms with van der Waals surface area (Å²) in [6.45, 7) is 0.348. The molecule has 0 unspecified atom stereocenters. The second-order valence-electron chi connectivity index (χ2n) is 5.29. The van der Waals surface area contributed by atoms with Crippen molar-refractivity contribution in [2.75, 3.05) is 6.54 Å². The summed E-state index contributed by atoms with van der Waals surface area (Å²) in [5.41, 5.74) is 1.21. The number of hydrogen-bond donors (Lipinski definition) is 1. The zero-order chi connectivity index (χ0) is 15.6. The first-order chi connectivity index (χ1) is 10.5. The summed E-state index contributed by atoms with van der Waals surface area (Å²) in [5, 5.41) is 1.43. The van der Waals surface area contributed by atoms with Crippen LogP contribution in [0.15, 0.2) is 29.2 Å². The zero-order valence-corrected chi connectivity index (χ0v) is 14.4. The summed E-state index contributed by atoms with van der Waals surface area (Å²) in [6, 6.07) is 6.27. The predicted molar refractivity (Wildman–Crippen MR) is 89.1 cm³/mol. The molecule has 118 valence electrons. The van der Waals surface area contributed by atoms with Gasteiger partial charge >= 0.3 is 0 Å². The van der Waals surface area contributed by atoms with Crippen molar-refractivity contribution >= 4 is 33.0 Å². The lowest BCUT2D eigenvalue weighted by molar-refractivity contribution is 0.581. The van der Waals surface area contributed by atoms with Gasteiger partial charge in [0.25, 0.3) is 0 Å². The van der Waals surface area contributed by atoms with Crippen LogP contribution in [0.3, 0.4) is 0 Å². The number of aromatic nitrogens is 1. The monoisotopic (exact) mass is 356 g/mol. The predicted octanol–water partition coefficient (Wildman–Crippen LogP) is 3.20. The molecule has 1 aliphatic carbocycles. The van der Waals surface area contributed by atoms with Crippen LogP contribution in [-0.4, -0.2) is 19.9 Å². The Balaban J connectivity index is 1.61. The topological polar surface area (TPSA) is 59.1 Å². The van der Waals surface area contributed by atoms with Gasteiger partial charge in [0.1, 0.15) is 0 Å². The van der Waals surface area contributed by atoms with E-state index in [1.807, 2.05) is 0 Å². The number of aryl methyl sites for hydroxylation is 2. The fourth-order valence-electron chi connectivity index (χ4n) is 2.52. The fraction of sp³-hybridized carbons (Fsp3) is 0.400. The zero-order valence-electron chi connectivity index (χ0n) is 12.0. The van der Waals surface area contributed by atoms with Gasteiger partial charge in [0.05, 0.1) is 15.6 Å². The van der Waals surface area contributed by atoms with Crippen LogP contribution in [0.25, 0.3) is 0 Å². The Kier molecular flexibility index (Phi) is 4.82. The highest BCUT2D eigenvalue weighted by molar-refractivity contribution is 7.89. The summed E-state index contributed by atoms with van der Waals surface area (Å²) in [7, 11) is -3.51. The maximum Gasteiger partial charge on any atom is 0.240 e. The standard InChI is InChI=1S/C15H17ClN2O2S2/c16-11-4-3-5-12(10-11)22(19,20)17-9-8-15-18-13-6-1-2-7-14(13)21-15/h3-5,10,17H,1-2,6-9H2. The molecular formula is C15H17ClN2O2S2. The lowest BCUT2D eigenvalue weighted by Crippen LogP contribution is -2.26. The summed E-state index contributed by atoms with van der Waals surface area (Å²) >= 11 is 7.56. The molecular weight excluding hydrogens is 340 g/mol. The van der Waals surface area contributed by atoms with E-state index in [-0.39, 0.29) is 4.90 Å². The van der Waals surface area contributed by atoms with Crippen LogP contribution in [-0.2, 0) is 29.3 Å². The number of thiazole rings is 1. The van der Waals surface area contributed by atoms with E-state index in [4.69, 9.17) is 11.6 Å². The van der Waals surface area contributed by atoms with E-state index >= 15 is 0 Å². The summed E-state index contributed by atoms with van der Waals surface area (Å²) in [6.07, 6.45) is 5.23. The molecule has 22 heavy (non-hydrogen) atoms. The molecule has 1 heterocycles. The fourth-order valence-corrected chi connectivity index (χ4v) is 5.01. The molecule has 0 aliphatic heterocycles. The maximum absolute atomic E-state index is 12.2. The number of fused-ring (bicyclic) bond motifs is 1. The third-order valence-corrected chi connectivity index (χ3v) is 6.54. The molecule has 2 aromatic rings. The van der Waals surface area contributed by atoms with Crippen LogP contribution in [0.4, 0.5) is 0 Å². The highest BCUT2D eigenvalue weighted by atomic mass is 35.5. The van der Waals surface area contributed by atoms with Crippen LogP contribution in [0.5, 0.6) is 0 Å². The minimum atomic E-state index is -3.51. The number of rotatable bonds is 5. The molecule has 0 bridgehead atoms. The van der Waals surface area contributed by atoms with Crippen molar-refractivity contribution in [3.8, 4) is 0 Å². The van der Waals surface area contributed by atoms with E-state index in [1.165, 1.54) is 35.5 Å². The van der Waals surface area contributed by atoms with Crippen LogP contribution < -0.4 is 4.72 Å². The Bertz CT molecular complexity index is 748. The molecule has 1 aliphatic rings. The lowest BCUT2D eigenvalue weighted by Gasteiger charge is -2.06. The van der Waals surface area contributed by atoms with E-state index in [0.29, 0.717) is 18.0 Å². The number of nitrogens with zero attached hydrogens (tertiary/aromatic N) is 1. The van der Waals surface area contributed by atoms with Gasteiger partial charge in [-0.1, -0.05) is 17.7 Å². The minimum absolute atomic E-state index is 0.193. The molecule has 0 radical (unpaired) electrons. The maximum atomic E-state index is 12.2. The average Bonchev–Trinajstić information content (AvgIpc) is 2.89. The molecule has 1 aromatic carbocycles. The van der Waals surface area contributed by atoms with Crippen LogP contribution >= 0.6 is 22.9 Å². The smallest absolute Gasteiger partial charge is 0.240 e. The second kappa shape index (κ2) is 6.66. The quantitative estimate of drug-likeness (QED) is 0.895. The highest BCUT2D eigenvalue weighted by Crippen LogP contribution is 2.26. The minimum Gasteiger partial charge on any atom is -0.246 e. The SMILES string of the molecule is O=S(=O)(NCCc1nc2c(s1)CCCC2)c1cccc(Cl)c1. The molecule has 0 saturated heterocycles. The van der Waals surface area contributed by atoms with Crippen molar-refractivity contribution in [2.24, 2.45) is 0 Å². The number of hydrogen-bond acceptors (Lipinski definition) is 4. The molecule has 1 N–H and O–H groups in total. The number of nitrogens with one attached hydrogen (secondary N) is 1. The van der Waals surface area contributed by atoms with Gasteiger partial charge in [-0.3, -0.25) is 0 Å². The molecule has 0 amide bonds. The molecule has 0 spiro atoms. The van der Waals surface area contributed by atoms with Gasteiger partial charge in [-0.15, -0.1) is 11.3 Å². The van der Waals surface area contributed by atoms with Gasteiger partial charge in [-0.25, -0.2) is 18.1 Å². The van der Waals surface area contributed by atoms with Crippen molar-refractivity contribution in [2.45, 2.75) is 37.0 Å². The Morgan fingerprint density at radius 1 is 1.27 bits per heavy atom. The third-order valence-electron chi connectivity index (χ3n) is 3.63. The van der Waals surface area contributed by atoms with Crippen molar-refractivity contribution in [1.82, 2.24) is 9.71 Å². The van der Waals surface area contributed by atoms with Crippen molar-refractivity contribution in [1.29, 1.82) is 0 Å². The van der Waals surface area contributed by atoms with Gasteiger partial charge in [0.2, 0.25) is 10.0 Å². The normalized spacial score (nSPS) is 14.8. The number of benzene rings is 1. The van der Waals surface area contributed by atoms with Crippen LogP contribution in [0.1, 0.15) is 28.4 Å². The van der Waals surface area contributed by atoms with E-state index < -0.39 is 10.0 Å². The third kappa shape index (κ3) is 3.68. The van der Waals surface area contributed by atoms with E-state index in [2.05, 4.69) is 9.71 Å². The first-order valence-electron chi connectivity index (χ1n) is 7.27. The first kappa shape index (κ1) is 15.9. The lowest BCUT2D eigenvalue weighted by atomic mass is 10.0. The van der Waals surface area contributed by atoms with Gasteiger partial charge in [0.15, 0.2) is 0 Å². The Labute approximate surface area is 139 Å². The van der Waals surface area contributed by atoms with Gasteiger partial charge in [0, 0.05) is 22.9 Å². The summed E-state index contributed by atoms with van der Waals surface area (Å²) < 4.78 is 27.0. The molecule has 0 saturated carbocycles. The van der Waals surface area contributed by atoms with E-state index in [0.717, 1.165) is 17.8 Å². The van der Waals surface area contributed by atoms with Crippen molar-refractivity contribution in [3.05, 3.63) is 44.9 Å². The molecule has 7 heteroatoms. The van der Waals surface area contributed by atoms with E-state index in [1.54, 1.807) is 23.5 Å². The van der Waals surface area contributed by atoms with Crippen molar-refractivity contribution < 1.29 is 8.42 Å². The van der Waals surface area contributed by atoms with Crippen LogP contribution in [0, 0.1) is 0 Å². The molecule has 4 nitrogen and oxygen atoms in total. The number of sulfonamides is 1. The average molecular weight is 357 g/mol. The first-order valence-corrected chi connectivity index (χ1v) is 9.95. The summed E-state index contributed by atoms with van der Waals surface area (Å²) in [4.78, 5) is 6.19. The Morgan fingerprint density at radius 3 is 2.86 bits per heavy atom. The second-order valence-corrected chi connectivity index (χ2v) is 8.66. The Hall–Kier alpha value is -0.950. The number of halogens is 1. The van der Waals surface area contributed by atoms with Gasteiger partial charge in [-0.2, -0.15) is 0 Å². The van der Waals surface area contributed by atoms with Crippen molar-refractivity contribution in [3.63, 3.8) is 0 Å². The highest BCUT2D eigenvalue weighted by Gasteiger charge is 2.17. The van der Waals surface area contributed by atoms with Crippen LogP contribution in [0.2, 0.25) is 5.02 Å². The van der Waals surface area contributed by atoms with Gasteiger partial charge < -0.3 is 0 Å². The Morgan fingerprint density at radius 2 is 2.09 bits per heavy atom. The molecule has 0 atom stereocenters. The van der Waals surface area contributed by atoms with E-state index in [9.17, 15) is 8.42 Å². The van der Waals surface area contributed by atoms with Gasteiger partial charge in [-0.05, 0) is 43.9 Å². The molecule has 1 aromatic heterocycles.